The van der Waals surface area contributed by atoms with Gasteiger partial charge in [0.15, 0.2) is 0 Å². The van der Waals surface area contributed by atoms with Crippen molar-refractivity contribution in [2.75, 3.05) is 13.6 Å². The fraction of sp³-hybridized carbons (Fsp3) is 0.238. The first-order chi connectivity index (χ1) is 12.7. The molecule has 0 fully saturated rings. The first kappa shape index (κ1) is 17.9. The summed E-state index contributed by atoms with van der Waals surface area (Å²) in [5.74, 6) is 0.0438. The molecule has 0 aromatic heterocycles. The summed E-state index contributed by atoms with van der Waals surface area (Å²) in [6.45, 7) is 0.999. The molecule has 3 rings (SSSR count). The third kappa shape index (κ3) is 3.53. The lowest BCUT2D eigenvalue weighted by Crippen LogP contribution is -2.42. The lowest BCUT2D eigenvalue weighted by atomic mass is 10.0. The molecule has 5 heteroatoms. The van der Waals surface area contributed by atoms with E-state index in [9.17, 15) is 4.79 Å². The Labute approximate surface area is 154 Å². The van der Waals surface area contributed by atoms with Crippen LogP contribution in [0.15, 0.2) is 65.8 Å². The average Bonchev–Trinajstić information content (AvgIpc) is 3.01. The highest BCUT2D eigenvalue weighted by Crippen LogP contribution is 2.27. The molecule has 2 aromatic rings. The van der Waals surface area contributed by atoms with Crippen molar-refractivity contribution in [3.8, 4) is 0 Å². The molecule has 0 bridgehead atoms. The van der Waals surface area contributed by atoms with Crippen molar-refractivity contribution in [2.45, 2.75) is 19.0 Å². The van der Waals surface area contributed by atoms with E-state index in [0.29, 0.717) is 13.1 Å². The van der Waals surface area contributed by atoms with E-state index in [1.807, 2.05) is 41.3 Å². The summed E-state index contributed by atoms with van der Waals surface area (Å²) in [6, 6.07) is 15.9. The van der Waals surface area contributed by atoms with E-state index in [4.69, 9.17) is 11.5 Å². The average molecular weight is 348 g/mol. The van der Waals surface area contributed by atoms with E-state index in [1.54, 1.807) is 13.1 Å². The first-order valence-corrected chi connectivity index (χ1v) is 8.71. The maximum Gasteiger partial charge on any atom is 0.254 e. The molecule has 0 radical (unpaired) electrons. The quantitative estimate of drug-likeness (QED) is 0.784. The fourth-order valence-electron chi connectivity index (χ4n) is 3.40. The van der Waals surface area contributed by atoms with Gasteiger partial charge < -0.3 is 16.4 Å². The van der Waals surface area contributed by atoms with Gasteiger partial charge in [0.1, 0.15) is 0 Å². The minimum absolute atomic E-state index is 0.0241. The maximum absolute atomic E-state index is 12.9. The van der Waals surface area contributed by atoms with Gasteiger partial charge in [-0.3, -0.25) is 9.79 Å². The molecule has 0 aliphatic carbocycles. The molecule has 2 aromatic carbocycles. The van der Waals surface area contributed by atoms with Crippen LogP contribution in [0.4, 0.5) is 0 Å². The largest absolute Gasteiger partial charge is 0.405 e. The molecule has 1 aliphatic rings. The molecule has 0 saturated carbocycles. The first-order valence-electron chi connectivity index (χ1n) is 8.71. The monoisotopic (exact) mass is 348 g/mol. The van der Waals surface area contributed by atoms with Gasteiger partial charge >= 0.3 is 0 Å². The number of allylic oxidation sites excluding steroid dienone is 1. The number of benzene rings is 2. The van der Waals surface area contributed by atoms with Crippen LogP contribution >= 0.6 is 0 Å². The highest BCUT2D eigenvalue weighted by molar-refractivity contribution is 6.09. The zero-order valence-electron chi connectivity index (χ0n) is 14.9. The van der Waals surface area contributed by atoms with Crippen molar-refractivity contribution in [1.82, 2.24) is 4.90 Å². The van der Waals surface area contributed by atoms with Crippen LogP contribution < -0.4 is 11.5 Å². The summed E-state index contributed by atoms with van der Waals surface area (Å²) < 4.78 is 0. The van der Waals surface area contributed by atoms with Gasteiger partial charge in [0.25, 0.3) is 5.91 Å². The van der Waals surface area contributed by atoms with Gasteiger partial charge in [-0.1, -0.05) is 36.4 Å². The minimum atomic E-state index is -0.0241. The van der Waals surface area contributed by atoms with Crippen LogP contribution in [0.5, 0.6) is 0 Å². The van der Waals surface area contributed by atoms with E-state index in [-0.39, 0.29) is 11.9 Å². The molecule has 1 aliphatic heterocycles. The number of carbonyl (C=O) groups excluding carboxylic acids is 1. The van der Waals surface area contributed by atoms with Gasteiger partial charge in [0.05, 0.1) is 5.71 Å². The van der Waals surface area contributed by atoms with E-state index >= 15 is 0 Å². The fourth-order valence-corrected chi connectivity index (χ4v) is 3.40. The number of hydrogen-bond acceptors (Lipinski definition) is 4. The summed E-state index contributed by atoms with van der Waals surface area (Å²) in [5.41, 5.74) is 16.2. The van der Waals surface area contributed by atoms with Gasteiger partial charge in [0.2, 0.25) is 0 Å². The molecule has 26 heavy (non-hydrogen) atoms. The van der Waals surface area contributed by atoms with Crippen LogP contribution in [-0.4, -0.2) is 36.2 Å². The van der Waals surface area contributed by atoms with Crippen molar-refractivity contribution in [3.63, 3.8) is 0 Å². The van der Waals surface area contributed by atoms with Crippen LogP contribution in [0.2, 0.25) is 0 Å². The minimum Gasteiger partial charge on any atom is -0.405 e. The second kappa shape index (κ2) is 7.97. The Morgan fingerprint density at radius 3 is 2.69 bits per heavy atom. The van der Waals surface area contributed by atoms with Gasteiger partial charge in [-0.2, -0.15) is 0 Å². The lowest BCUT2D eigenvalue weighted by molar-refractivity contribution is 0.0708. The Morgan fingerprint density at radius 2 is 2.04 bits per heavy atom. The molecule has 1 amide bonds. The molecule has 1 heterocycles. The number of carbonyl (C=O) groups is 1. The summed E-state index contributed by atoms with van der Waals surface area (Å²) in [6.07, 6.45) is 3.98. The van der Waals surface area contributed by atoms with Crippen LogP contribution in [-0.2, 0) is 13.0 Å². The predicted molar refractivity (Wildman–Crippen MR) is 105 cm³/mol. The second-order valence-electron chi connectivity index (χ2n) is 6.35. The summed E-state index contributed by atoms with van der Waals surface area (Å²) in [4.78, 5) is 19.0. The van der Waals surface area contributed by atoms with E-state index in [2.05, 4.69) is 17.1 Å². The molecule has 1 unspecified atom stereocenters. The molecule has 4 N–H and O–H groups in total. The van der Waals surface area contributed by atoms with Crippen LogP contribution in [0.1, 0.15) is 27.0 Å². The summed E-state index contributed by atoms with van der Waals surface area (Å²) in [7, 11) is 1.73. The Morgan fingerprint density at radius 1 is 1.27 bits per heavy atom. The topological polar surface area (TPSA) is 84.7 Å². The maximum atomic E-state index is 12.9. The third-order valence-corrected chi connectivity index (χ3v) is 4.75. The van der Waals surface area contributed by atoms with Gasteiger partial charge in [0, 0.05) is 37.3 Å². The molecule has 0 spiro atoms. The predicted octanol–water partition coefficient (Wildman–Crippen LogP) is 2.10. The lowest BCUT2D eigenvalue weighted by Gasteiger charge is -2.26. The molecule has 5 nitrogen and oxygen atoms in total. The number of fused-ring (bicyclic) bond motifs is 1. The van der Waals surface area contributed by atoms with Crippen molar-refractivity contribution in [3.05, 3.63) is 83.1 Å². The van der Waals surface area contributed by atoms with Gasteiger partial charge in [-0.05, 0) is 42.0 Å². The highest BCUT2D eigenvalue weighted by Gasteiger charge is 2.32. The van der Waals surface area contributed by atoms with Gasteiger partial charge in [-0.15, -0.1) is 0 Å². The standard InChI is InChI=1S/C21H24N4O/c1-24-20(9-10-22)16-7-8-19-17(12-16)14-25(21(19)26)18(13-23)11-15-5-3-2-4-6-15/h2-10,12,18H,11,13-14,22-23H2,1H3/b10-9-,24-20?. The SMILES string of the molecule is CN=C(/C=C\N)c1ccc2c(c1)CN(C(CN)Cc1ccccc1)C2=O. The molecular formula is C21H24N4O. The van der Waals surface area contributed by atoms with E-state index in [0.717, 1.165) is 28.8 Å². The number of rotatable bonds is 6. The highest BCUT2D eigenvalue weighted by atomic mass is 16.2. The van der Waals surface area contributed by atoms with E-state index in [1.165, 1.54) is 11.8 Å². The summed E-state index contributed by atoms with van der Waals surface area (Å²) >= 11 is 0. The number of nitrogens with two attached hydrogens (primary N) is 2. The number of nitrogens with zero attached hydrogens (tertiary/aromatic N) is 2. The van der Waals surface area contributed by atoms with Crippen LogP contribution in [0.3, 0.4) is 0 Å². The van der Waals surface area contributed by atoms with E-state index < -0.39 is 0 Å². The van der Waals surface area contributed by atoms with Crippen molar-refractivity contribution in [2.24, 2.45) is 16.5 Å². The Balaban J connectivity index is 1.84. The van der Waals surface area contributed by atoms with Crippen LogP contribution in [0.25, 0.3) is 0 Å². The Bertz CT molecular complexity index is 842. The van der Waals surface area contributed by atoms with Gasteiger partial charge in [-0.25, -0.2) is 0 Å². The second-order valence-corrected chi connectivity index (χ2v) is 6.35. The number of amides is 1. The molecule has 1 atom stereocenters. The number of hydrogen-bond donors (Lipinski definition) is 2. The van der Waals surface area contributed by atoms with Crippen molar-refractivity contribution < 1.29 is 4.79 Å². The zero-order chi connectivity index (χ0) is 18.5. The molecular weight excluding hydrogens is 324 g/mol. The summed E-state index contributed by atoms with van der Waals surface area (Å²) in [5, 5.41) is 0. The van der Waals surface area contributed by atoms with Crippen LogP contribution in [0, 0.1) is 0 Å². The zero-order valence-corrected chi connectivity index (χ0v) is 14.9. The Kier molecular flexibility index (Phi) is 5.49. The third-order valence-electron chi connectivity index (χ3n) is 4.75. The molecule has 0 saturated heterocycles. The van der Waals surface area contributed by atoms with Crippen molar-refractivity contribution in [1.29, 1.82) is 0 Å². The number of aliphatic imine (C=N–C) groups is 1. The normalized spacial score (nSPS) is 15.5. The molecule has 134 valence electrons. The Hall–Kier alpha value is -2.92. The van der Waals surface area contributed by atoms with Crippen molar-refractivity contribution >= 4 is 11.6 Å². The smallest absolute Gasteiger partial charge is 0.254 e.